The van der Waals surface area contributed by atoms with Crippen LogP contribution in [-0.4, -0.2) is 39.0 Å². The first-order valence-electron chi connectivity index (χ1n) is 10.0. The van der Waals surface area contributed by atoms with Gasteiger partial charge in [-0.1, -0.05) is 30.3 Å². The number of aryl methyl sites for hydroxylation is 1. The number of amides is 1. The summed E-state index contributed by atoms with van der Waals surface area (Å²) >= 11 is 1.28. The van der Waals surface area contributed by atoms with Crippen molar-refractivity contribution in [3.8, 4) is 0 Å². The molecule has 29 heavy (non-hydrogen) atoms. The van der Waals surface area contributed by atoms with Crippen LogP contribution in [0.25, 0.3) is 10.2 Å². The molecule has 2 fully saturated rings. The maximum Gasteiger partial charge on any atom is 0.264 e. The highest BCUT2D eigenvalue weighted by Crippen LogP contribution is 2.48. The van der Waals surface area contributed by atoms with Gasteiger partial charge in [-0.15, -0.1) is 11.3 Å². The Morgan fingerprint density at radius 3 is 2.86 bits per heavy atom. The maximum absolute atomic E-state index is 13.4. The first-order valence-corrected chi connectivity index (χ1v) is 10.8. The summed E-state index contributed by atoms with van der Waals surface area (Å²) in [5.41, 5.74) is 0.527. The van der Waals surface area contributed by atoms with E-state index in [9.17, 15) is 14.7 Å². The monoisotopic (exact) mass is 409 g/mol. The summed E-state index contributed by atoms with van der Waals surface area (Å²) in [6.07, 6.45) is 4.08. The van der Waals surface area contributed by atoms with Crippen molar-refractivity contribution in [2.75, 3.05) is 13.1 Å². The first kappa shape index (κ1) is 18.5. The van der Waals surface area contributed by atoms with Gasteiger partial charge in [-0.2, -0.15) is 0 Å². The van der Waals surface area contributed by atoms with Gasteiger partial charge in [-0.3, -0.25) is 9.59 Å². The molecule has 1 amide bonds. The topological polar surface area (TPSA) is 86.3 Å². The minimum absolute atomic E-state index is 0.0267. The van der Waals surface area contributed by atoms with Gasteiger partial charge in [0.15, 0.2) is 0 Å². The van der Waals surface area contributed by atoms with E-state index in [1.165, 1.54) is 17.7 Å². The SMILES string of the molecule is Cc1c(C(=O)N2C[C@H]3CCC[C@](O)(c4ccccc4)[C@H]3C2)sc2nc[nH]c(=O)c12. The summed E-state index contributed by atoms with van der Waals surface area (Å²) in [6.45, 7) is 2.99. The lowest BCUT2D eigenvalue weighted by Crippen LogP contribution is -2.42. The van der Waals surface area contributed by atoms with Crippen LogP contribution in [0.2, 0.25) is 0 Å². The average molecular weight is 410 g/mol. The van der Waals surface area contributed by atoms with Gasteiger partial charge in [0.25, 0.3) is 11.5 Å². The summed E-state index contributed by atoms with van der Waals surface area (Å²) in [6, 6.07) is 9.85. The molecule has 0 bridgehead atoms. The molecular formula is C22H23N3O3S. The van der Waals surface area contributed by atoms with Crippen molar-refractivity contribution >= 4 is 27.5 Å². The van der Waals surface area contributed by atoms with Crippen LogP contribution in [-0.2, 0) is 5.60 Å². The van der Waals surface area contributed by atoms with E-state index in [4.69, 9.17) is 0 Å². The van der Waals surface area contributed by atoms with Gasteiger partial charge in [0.2, 0.25) is 0 Å². The minimum Gasteiger partial charge on any atom is -0.385 e. The molecule has 0 spiro atoms. The van der Waals surface area contributed by atoms with Crippen LogP contribution in [0.1, 0.15) is 40.1 Å². The zero-order valence-electron chi connectivity index (χ0n) is 16.2. The van der Waals surface area contributed by atoms with E-state index in [2.05, 4.69) is 9.97 Å². The number of benzene rings is 1. The number of hydrogen-bond acceptors (Lipinski definition) is 5. The standard InChI is InChI=1S/C22H23N3O3S/c1-13-17-19(26)23-12-24-20(17)29-18(13)21(27)25-10-14-6-5-9-22(28,16(14)11-25)15-7-3-2-4-8-15/h2-4,7-8,12,14,16,28H,5-6,9-11H2,1H3,(H,23,24,26)/t14-,16+,22+/m1/s1. The summed E-state index contributed by atoms with van der Waals surface area (Å²) in [7, 11) is 0. The Labute approximate surface area is 172 Å². The Kier molecular flexibility index (Phi) is 4.33. The van der Waals surface area contributed by atoms with Crippen LogP contribution in [0.4, 0.5) is 0 Å². The van der Waals surface area contributed by atoms with Gasteiger partial charge in [0.05, 0.1) is 22.2 Å². The molecule has 3 heterocycles. The Morgan fingerprint density at radius 2 is 2.10 bits per heavy atom. The second-order valence-corrected chi connectivity index (χ2v) is 9.23. The van der Waals surface area contributed by atoms with Crippen molar-refractivity contribution < 1.29 is 9.90 Å². The van der Waals surface area contributed by atoms with E-state index < -0.39 is 5.60 Å². The largest absolute Gasteiger partial charge is 0.385 e. The van der Waals surface area contributed by atoms with Crippen LogP contribution in [0.15, 0.2) is 41.5 Å². The third kappa shape index (κ3) is 2.83. The molecule has 6 nitrogen and oxygen atoms in total. The van der Waals surface area contributed by atoms with Crippen LogP contribution < -0.4 is 5.56 Å². The van der Waals surface area contributed by atoms with Crippen LogP contribution in [0.5, 0.6) is 0 Å². The van der Waals surface area contributed by atoms with E-state index in [0.29, 0.717) is 33.7 Å². The van der Waals surface area contributed by atoms with Crippen LogP contribution in [0, 0.1) is 18.8 Å². The number of fused-ring (bicyclic) bond motifs is 2. The van der Waals surface area contributed by atoms with Crippen molar-refractivity contribution in [1.82, 2.24) is 14.9 Å². The molecule has 2 N–H and O–H groups in total. The van der Waals surface area contributed by atoms with Crippen LogP contribution in [0.3, 0.4) is 0 Å². The number of aromatic amines is 1. The maximum atomic E-state index is 13.4. The van der Waals surface area contributed by atoms with Crippen LogP contribution >= 0.6 is 11.3 Å². The quantitative estimate of drug-likeness (QED) is 0.681. The van der Waals surface area contributed by atoms with E-state index in [-0.39, 0.29) is 23.3 Å². The Morgan fingerprint density at radius 1 is 1.31 bits per heavy atom. The molecule has 5 rings (SSSR count). The molecule has 1 saturated carbocycles. The predicted molar refractivity (Wildman–Crippen MR) is 112 cm³/mol. The number of nitrogens with zero attached hydrogens (tertiary/aromatic N) is 2. The number of carbonyl (C=O) groups is 1. The predicted octanol–water partition coefficient (Wildman–Crippen LogP) is 3.05. The number of rotatable bonds is 2. The van der Waals surface area contributed by atoms with E-state index in [1.807, 2.05) is 42.2 Å². The van der Waals surface area contributed by atoms with Crippen molar-refractivity contribution in [2.45, 2.75) is 31.8 Å². The number of aliphatic hydroxyl groups is 1. The van der Waals surface area contributed by atoms with Gasteiger partial charge in [0.1, 0.15) is 4.83 Å². The summed E-state index contributed by atoms with van der Waals surface area (Å²) in [5, 5.41) is 12.1. The minimum atomic E-state index is -0.896. The average Bonchev–Trinajstić information content (AvgIpc) is 3.32. The molecule has 1 aliphatic carbocycles. The van der Waals surface area contributed by atoms with E-state index in [0.717, 1.165) is 24.8 Å². The molecule has 1 saturated heterocycles. The Balaban J connectivity index is 1.47. The Bertz CT molecular complexity index is 1140. The number of thiophene rings is 1. The highest BCUT2D eigenvalue weighted by Gasteiger charge is 2.50. The molecule has 2 aliphatic rings. The van der Waals surface area contributed by atoms with Gasteiger partial charge in [0, 0.05) is 19.0 Å². The highest BCUT2D eigenvalue weighted by atomic mass is 32.1. The lowest BCUT2D eigenvalue weighted by Gasteiger charge is -2.41. The van der Waals surface area contributed by atoms with Gasteiger partial charge in [-0.05, 0) is 43.2 Å². The third-order valence-electron chi connectivity index (χ3n) is 6.68. The van der Waals surface area contributed by atoms with E-state index in [1.54, 1.807) is 0 Å². The number of hydrogen-bond donors (Lipinski definition) is 2. The molecular weight excluding hydrogens is 386 g/mol. The molecule has 3 atom stereocenters. The molecule has 150 valence electrons. The molecule has 1 aliphatic heterocycles. The number of carbonyl (C=O) groups excluding carboxylic acids is 1. The first-order chi connectivity index (χ1) is 14.0. The van der Waals surface area contributed by atoms with Crippen molar-refractivity contribution in [2.24, 2.45) is 11.8 Å². The van der Waals surface area contributed by atoms with E-state index >= 15 is 0 Å². The second kappa shape index (κ2) is 6.78. The van der Waals surface area contributed by atoms with Gasteiger partial charge >= 0.3 is 0 Å². The van der Waals surface area contributed by atoms with Crippen molar-refractivity contribution in [3.63, 3.8) is 0 Å². The number of H-pyrrole nitrogens is 1. The summed E-state index contributed by atoms with van der Waals surface area (Å²) in [5.74, 6) is 0.252. The highest BCUT2D eigenvalue weighted by molar-refractivity contribution is 7.20. The molecule has 2 aromatic heterocycles. The molecule has 3 aromatic rings. The smallest absolute Gasteiger partial charge is 0.264 e. The lowest BCUT2D eigenvalue weighted by molar-refractivity contribution is -0.0644. The summed E-state index contributed by atoms with van der Waals surface area (Å²) < 4.78 is 0. The second-order valence-electron chi connectivity index (χ2n) is 8.23. The molecule has 0 radical (unpaired) electrons. The third-order valence-corrected chi connectivity index (χ3v) is 7.86. The molecule has 7 heteroatoms. The fourth-order valence-corrected chi connectivity index (χ4v) is 6.32. The van der Waals surface area contributed by atoms with Gasteiger partial charge < -0.3 is 15.0 Å². The zero-order chi connectivity index (χ0) is 20.2. The number of aromatic nitrogens is 2. The fourth-order valence-electron chi connectivity index (χ4n) is 5.20. The zero-order valence-corrected chi connectivity index (χ0v) is 17.0. The normalized spacial score (nSPS) is 26.6. The number of nitrogens with one attached hydrogen (secondary N) is 1. The Hall–Kier alpha value is -2.51. The summed E-state index contributed by atoms with van der Waals surface area (Å²) in [4.78, 5) is 35.3. The molecule has 1 aromatic carbocycles. The van der Waals surface area contributed by atoms with Gasteiger partial charge in [-0.25, -0.2) is 4.98 Å². The number of likely N-dealkylation sites (tertiary alicyclic amines) is 1. The lowest BCUT2D eigenvalue weighted by atomic mass is 9.67. The van der Waals surface area contributed by atoms with Crippen molar-refractivity contribution in [1.29, 1.82) is 0 Å². The fraction of sp³-hybridized carbons (Fsp3) is 0.409. The molecule has 0 unspecified atom stereocenters. The van der Waals surface area contributed by atoms with Crippen molar-refractivity contribution in [3.05, 3.63) is 63.0 Å².